The minimum absolute atomic E-state index is 0.0975. The minimum Gasteiger partial charge on any atom is -0.465 e. The van der Waals surface area contributed by atoms with Gasteiger partial charge in [0.25, 0.3) is 0 Å². The molecule has 0 atom stereocenters. The van der Waals surface area contributed by atoms with Crippen LogP contribution in [-0.4, -0.2) is 28.3 Å². The Bertz CT molecular complexity index is 970. The lowest BCUT2D eigenvalue weighted by molar-refractivity contribution is -0.139. The second kappa shape index (κ2) is 8.97. The van der Waals surface area contributed by atoms with Gasteiger partial charge in [-0.2, -0.15) is 5.26 Å². The molecular formula is C21H17N3O2S. The molecule has 0 bridgehead atoms. The number of carbonyl (C=O) groups excluding carboxylic acids is 1. The van der Waals surface area contributed by atoms with E-state index in [2.05, 4.69) is 16.0 Å². The average Bonchev–Trinajstić information content (AvgIpc) is 2.73. The normalized spacial score (nSPS) is 10.2. The summed E-state index contributed by atoms with van der Waals surface area (Å²) >= 11 is 1.21. The molecule has 3 aromatic rings. The Morgan fingerprint density at radius 3 is 2.63 bits per heavy atom. The fraction of sp³-hybridized carbons (Fsp3) is 0.143. The van der Waals surface area contributed by atoms with Crippen molar-refractivity contribution in [1.29, 1.82) is 5.26 Å². The highest BCUT2D eigenvalue weighted by Gasteiger charge is 2.17. The molecule has 0 spiro atoms. The van der Waals surface area contributed by atoms with E-state index in [9.17, 15) is 10.1 Å². The standard InChI is InChI=1S/C21H17N3O2S/c1-2-26-20(25)14-27-21-18(12-22)17(15-7-4-3-5-8-15)11-19(24-21)16-9-6-10-23-13-16/h3-11,13H,2,14H2,1H3. The zero-order valence-corrected chi connectivity index (χ0v) is 15.6. The van der Waals surface area contributed by atoms with Crippen LogP contribution in [0.2, 0.25) is 0 Å². The number of nitrogens with zero attached hydrogens (tertiary/aromatic N) is 3. The Hall–Kier alpha value is -3.17. The first kappa shape index (κ1) is 18.6. The lowest BCUT2D eigenvalue weighted by Gasteiger charge is -2.12. The van der Waals surface area contributed by atoms with Crippen molar-refractivity contribution in [2.24, 2.45) is 0 Å². The molecule has 2 heterocycles. The summed E-state index contributed by atoms with van der Waals surface area (Å²) in [6.45, 7) is 2.08. The molecule has 2 aromatic heterocycles. The summed E-state index contributed by atoms with van der Waals surface area (Å²) < 4.78 is 4.99. The van der Waals surface area contributed by atoms with Crippen LogP contribution in [0.5, 0.6) is 0 Å². The number of carbonyl (C=O) groups is 1. The van der Waals surface area contributed by atoms with Crippen molar-refractivity contribution < 1.29 is 9.53 Å². The molecule has 5 nitrogen and oxygen atoms in total. The third-order valence-corrected chi connectivity index (χ3v) is 4.72. The van der Waals surface area contributed by atoms with Crippen LogP contribution < -0.4 is 0 Å². The Labute approximate surface area is 162 Å². The van der Waals surface area contributed by atoms with Crippen molar-refractivity contribution in [3.05, 3.63) is 66.5 Å². The van der Waals surface area contributed by atoms with Gasteiger partial charge in [0, 0.05) is 23.5 Å². The molecule has 134 valence electrons. The molecule has 0 aliphatic heterocycles. The maximum absolute atomic E-state index is 11.8. The number of esters is 1. The van der Waals surface area contributed by atoms with Crippen LogP contribution in [0.1, 0.15) is 12.5 Å². The molecule has 0 radical (unpaired) electrons. The van der Waals surface area contributed by atoms with Crippen molar-refractivity contribution in [2.45, 2.75) is 11.9 Å². The first-order chi connectivity index (χ1) is 13.2. The highest BCUT2D eigenvalue weighted by atomic mass is 32.2. The van der Waals surface area contributed by atoms with Crippen LogP contribution in [0.3, 0.4) is 0 Å². The third kappa shape index (κ3) is 4.52. The van der Waals surface area contributed by atoms with Gasteiger partial charge >= 0.3 is 5.97 Å². The van der Waals surface area contributed by atoms with E-state index in [1.807, 2.05) is 48.5 Å². The molecule has 0 fully saturated rings. The van der Waals surface area contributed by atoms with E-state index in [-0.39, 0.29) is 11.7 Å². The molecule has 0 unspecified atom stereocenters. The van der Waals surface area contributed by atoms with Crippen LogP contribution >= 0.6 is 11.8 Å². The zero-order valence-electron chi connectivity index (χ0n) is 14.8. The molecule has 3 rings (SSSR count). The number of aromatic nitrogens is 2. The predicted molar refractivity (Wildman–Crippen MR) is 105 cm³/mol. The van der Waals surface area contributed by atoms with Crippen molar-refractivity contribution in [3.8, 4) is 28.5 Å². The number of ether oxygens (including phenoxy) is 1. The Balaban J connectivity index is 2.10. The van der Waals surface area contributed by atoms with Crippen molar-refractivity contribution in [1.82, 2.24) is 9.97 Å². The lowest BCUT2D eigenvalue weighted by Crippen LogP contribution is -2.07. The molecule has 0 saturated carbocycles. The molecule has 0 saturated heterocycles. The van der Waals surface area contributed by atoms with E-state index >= 15 is 0 Å². The molecule has 0 amide bonds. The quantitative estimate of drug-likeness (QED) is 0.471. The second-order valence-electron chi connectivity index (χ2n) is 5.55. The van der Waals surface area contributed by atoms with Gasteiger partial charge in [-0.15, -0.1) is 0 Å². The lowest BCUT2D eigenvalue weighted by atomic mass is 10.00. The number of nitriles is 1. The Morgan fingerprint density at radius 2 is 1.96 bits per heavy atom. The van der Waals surface area contributed by atoms with Gasteiger partial charge in [0.2, 0.25) is 0 Å². The summed E-state index contributed by atoms with van der Waals surface area (Å²) in [6, 6.07) is 17.5. The van der Waals surface area contributed by atoms with Gasteiger partial charge in [0.1, 0.15) is 11.1 Å². The molecule has 0 N–H and O–H groups in total. The highest BCUT2D eigenvalue weighted by Crippen LogP contribution is 2.33. The van der Waals surface area contributed by atoms with E-state index < -0.39 is 0 Å². The van der Waals surface area contributed by atoms with Gasteiger partial charge in [-0.1, -0.05) is 42.1 Å². The van der Waals surface area contributed by atoms with E-state index in [1.54, 1.807) is 19.3 Å². The van der Waals surface area contributed by atoms with Crippen LogP contribution in [0.15, 0.2) is 66.0 Å². The molecule has 6 heteroatoms. The van der Waals surface area contributed by atoms with Gasteiger partial charge < -0.3 is 4.74 Å². The smallest absolute Gasteiger partial charge is 0.316 e. The number of benzene rings is 1. The first-order valence-corrected chi connectivity index (χ1v) is 9.41. The fourth-order valence-electron chi connectivity index (χ4n) is 2.57. The summed E-state index contributed by atoms with van der Waals surface area (Å²) in [5.74, 6) is -0.235. The van der Waals surface area contributed by atoms with Crippen LogP contribution in [0, 0.1) is 11.3 Å². The zero-order chi connectivity index (χ0) is 19.1. The second-order valence-corrected chi connectivity index (χ2v) is 6.51. The third-order valence-electron chi connectivity index (χ3n) is 3.77. The molecular weight excluding hydrogens is 358 g/mol. The van der Waals surface area contributed by atoms with Crippen LogP contribution in [0.25, 0.3) is 22.4 Å². The highest BCUT2D eigenvalue weighted by molar-refractivity contribution is 7.99. The Morgan fingerprint density at radius 1 is 1.19 bits per heavy atom. The van der Waals surface area contributed by atoms with Gasteiger partial charge in [-0.25, -0.2) is 4.98 Å². The van der Waals surface area contributed by atoms with Crippen LogP contribution in [-0.2, 0) is 9.53 Å². The predicted octanol–water partition coefficient (Wildman–Crippen LogP) is 4.34. The summed E-state index contributed by atoms with van der Waals surface area (Å²) in [6.07, 6.45) is 3.42. The number of thioether (sulfide) groups is 1. The SMILES string of the molecule is CCOC(=O)CSc1nc(-c2cccnc2)cc(-c2ccccc2)c1C#N. The molecule has 1 aromatic carbocycles. The Kier molecular flexibility index (Phi) is 6.18. The van der Waals surface area contributed by atoms with Gasteiger partial charge in [-0.3, -0.25) is 9.78 Å². The van der Waals surface area contributed by atoms with E-state index in [0.717, 1.165) is 16.7 Å². The van der Waals surface area contributed by atoms with Gasteiger partial charge in [-0.05, 0) is 30.7 Å². The maximum Gasteiger partial charge on any atom is 0.316 e. The summed E-state index contributed by atoms with van der Waals surface area (Å²) in [5, 5.41) is 10.3. The monoisotopic (exact) mass is 375 g/mol. The van der Waals surface area contributed by atoms with Crippen molar-refractivity contribution in [2.75, 3.05) is 12.4 Å². The number of hydrogen-bond donors (Lipinski definition) is 0. The summed E-state index contributed by atoms with van der Waals surface area (Å²) in [5.41, 5.74) is 3.69. The summed E-state index contributed by atoms with van der Waals surface area (Å²) in [7, 11) is 0. The fourth-order valence-corrected chi connectivity index (χ4v) is 3.37. The largest absolute Gasteiger partial charge is 0.465 e. The number of pyridine rings is 2. The minimum atomic E-state index is -0.332. The van der Waals surface area contributed by atoms with Gasteiger partial charge in [0.15, 0.2) is 0 Å². The maximum atomic E-state index is 11.8. The molecule has 27 heavy (non-hydrogen) atoms. The van der Waals surface area contributed by atoms with E-state index in [0.29, 0.717) is 22.9 Å². The average molecular weight is 375 g/mol. The van der Waals surface area contributed by atoms with Crippen LogP contribution in [0.4, 0.5) is 0 Å². The van der Waals surface area contributed by atoms with E-state index in [4.69, 9.17) is 4.74 Å². The topological polar surface area (TPSA) is 75.9 Å². The number of rotatable bonds is 6. The number of hydrogen-bond acceptors (Lipinski definition) is 6. The van der Waals surface area contributed by atoms with Crippen molar-refractivity contribution in [3.63, 3.8) is 0 Å². The van der Waals surface area contributed by atoms with Gasteiger partial charge in [0.05, 0.1) is 23.6 Å². The molecule has 0 aliphatic rings. The van der Waals surface area contributed by atoms with E-state index in [1.165, 1.54) is 11.8 Å². The first-order valence-electron chi connectivity index (χ1n) is 8.42. The summed E-state index contributed by atoms with van der Waals surface area (Å²) in [4.78, 5) is 20.5. The van der Waals surface area contributed by atoms with Crippen molar-refractivity contribution >= 4 is 17.7 Å². The molecule has 0 aliphatic carbocycles.